The summed E-state index contributed by atoms with van der Waals surface area (Å²) in [7, 11) is -3.26. The predicted octanol–water partition coefficient (Wildman–Crippen LogP) is 3.00. The van der Waals surface area contributed by atoms with Crippen molar-refractivity contribution in [3.05, 3.63) is 41.9 Å². The van der Waals surface area contributed by atoms with Gasteiger partial charge in [0.25, 0.3) is 0 Å². The van der Waals surface area contributed by atoms with Gasteiger partial charge in [0.2, 0.25) is 0 Å². The number of rotatable bonds is 7. The largest absolute Gasteiger partial charge is 0.392 e. The van der Waals surface area contributed by atoms with Gasteiger partial charge in [-0.05, 0) is 25.1 Å². The maximum absolute atomic E-state index is 12.0. The highest BCUT2D eigenvalue weighted by atomic mass is 35.5. The Bertz CT molecular complexity index is 538. The molecule has 6 heteroatoms. The van der Waals surface area contributed by atoms with E-state index < -0.39 is 9.84 Å². The molecule has 1 aromatic carbocycles. The van der Waals surface area contributed by atoms with Crippen molar-refractivity contribution in [1.82, 2.24) is 0 Å². The lowest BCUT2D eigenvalue weighted by atomic mass is 10.3. The quantitative estimate of drug-likeness (QED) is 0.442. The molecule has 0 aliphatic heterocycles. The van der Waals surface area contributed by atoms with Gasteiger partial charge in [0.15, 0.2) is 9.84 Å². The molecule has 0 bridgehead atoms. The summed E-state index contributed by atoms with van der Waals surface area (Å²) >= 11 is 5.32. The minimum absolute atomic E-state index is 0.0149. The van der Waals surface area contributed by atoms with Crippen LogP contribution in [0, 0.1) is 0 Å². The summed E-state index contributed by atoms with van der Waals surface area (Å²) in [6.07, 6.45) is 1.93. The number of nitrogens with zero attached hydrogens (tertiary/aromatic N) is 1. The van der Waals surface area contributed by atoms with Crippen molar-refractivity contribution in [2.75, 3.05) is 12.4 Å². The van der Waals surface area contributed by atoms with E-state index in [2.05, 4.69) is 5.16 Å². The van der Waals surface area contributed by atoms with Crippen LogP contribution in [-0.4, -0.2) is 26.5 Å². The van der Waals surface area contributed by atoms with Gasteiger partial charge in [0, 0.05) is 12.0 Å². The molecule has 0 atom stereocenters. The molecule has 0 aliphatic rings. The lowest BCUT2D eigenvalue weighted by Crippen LogP contribution is -2.10. The van der Waals surface area contributed by atoms with E-state index in [1.54, 1.807) is 43.3 Å². The Balaban J connectivity index is 2.52. The zero-order valence-corrected chi connectivity index (χ0v) is 12.2. The number of benzene rings is 1. The molecule has 0 saturated carbocycles. The van der Waals surface area contributed by atoms with Crippen LogP contribution in [0.25, 0.3) is 0 Å². The molecule has 0 N–H and O–H groups in total. The first-order valence-electron chi connectivity index (χ1n) is 5.75. The third kappa shape index (κ3) is 5.89. The molecule has 104 valence electrons. The molecule has 0 unspecified atom stereocenters. The van der Waals surface area contributed by atoms with Crippen molar-refractivity contribution in [1.29, 1.82) is 0 Å². The number of halogens is 1. The van der Waals surface area contributed by atoms with Gasteiger partial charge in [-0.1, -0.05) is 35.0 Å². The summed E-state index contributed by atoms with van der Waals surface area (Å²) in [6.45, 7) is 2.00. The molecule has 0 amide bonds. The van der Waals surface area contributed by atoms with E-state index in [1.165, 1.54) is 5.54 Å². The maximum atomic E-state index is 12.0. The third-order valence-corrected chi connectivity index (χ3v) is 4.23. The van der Waals surface area contributed by atoms with Gasteiger partial charge in [0.05, 0.1) is 16.4 Å². The fraction of sp³-hybridized carbons (Fsp3) is 0.308. The van der Waals surface area contributed by atoms with E-state index in [0.29, 0.717) is 17.0 Å². The first kappa shape index (κ1) is 15.7. The van der Waals surface area contributed by atoms with Crippen molar-refractivity contribution in [3.63, 3.8) is 0 Å². The van der Waals surface area contributed by atoms with Crippen LogP contribution in [0.2, 0.25) is 0 Å². The van der Waals surface area contributed by atoms with E-state index in [9.17, 15) is 8.42 Å². The lowest BCUT2D eigenvalue weighted by Gasteiger charge is -2.04. The molecule has 0 saturated heterocycles. The Morgan fingerprint density at radius 3 is 2.68 bits per heavy atom. The molecule has 0 fully saturated rings. The standard InChI is InChI=1S/C13H16ClNO3S/c1-12(15-18-10-5-9-14)8-11-19(16,17)13-6-3-2-4-7-13/h2-7,9H,8,10-11H2,1H3/b9-5+,15-12-. The molecule has 0 aromatic heterocycles. The van der Waals surface area contributed by atoms with E-state index >= 15 is 0 Å². The second kappa shape index (κ2) is 7.96. The number of sulfone groups is 1. The highest BCUT2D eigenvalue weighted by molar-refractivity contribution is 7.91. The average molecular weight is 302 g/mol. The van der Waals surface area contributed by atoms with E-state index in [-0.39, 0.29) is 12.4 Å². The fourth-order valence-electron chi connectivity index (χ4n) is 1.30. The fourth-order valence-corrected chi connectivity index (χ4v) is 2.74. The van der Waals surface area contributed by atoms with Crippen molar-refractivity contribution in [3.8, 4) is 0 Å². The van der Waals surface area contributed by atoms with Crippen LogP contribution in [0.4, 0.5) is 0 Å². The molecule has 0 aliphatic carbocycles. The maximum Gasteiger partial charge on any atom is 0.178 e. The SMILES string of the molecule is C/C(CCS(=O)(=O)c1ccccc1)=N/OC/C=C/Cl. The van der Waals surface area contributed by atoms with Crippen LogP contribution in [-0.2, 0) is 14.7 Å². The average Bonchev–Trinajstić information content (AvgIpc) is 2.42. The van der Waals surface area contributed by atoms with Gasteiger partial charge in [-0.2, -0.15) is 0 Å². The zero-order chi connectivity index (χ0) is 14.1. The van der Waals surface area contributed by atoms with Crippen LogP contribution in [0.15, 0.2) is 52.0 Å². The van der Waals surface area contributed by atoms with Gasteiger partial charge >= 0.3 is 0 Å². The molecular weight excluding hydrogens is 286 g/mol. The topological polar surface area (TPSA) is 55.7 Å². The lowest BCUT2D eigenvalue weighted by molar-refractivity contribution is 0.174. The summed E-state index contributed by atoms with van der Waals surface area (Å²) in [5.74, 6) is 0.0149. The molecular formula is C13H16ClNO3S. The molecule has 4 nitrogen and oxygen atoms in total. The summed E-state index contributed by atoms with van der Waals surface area (Å²) in [5.41, 5.74) is 1.97. The van der Waals surface area contributed by atoms with Crippen LogP contribution in [0.5, 0.6) is 0 Å². The van der Waals surface area contributed by atoms with Crippen molar-refractivity contribution in [2.45, 2.75) is 18.2 Å². The summed E-state index contributed by atoms with van der Waals surface area (Å²) in [6, 6.07) is 8.36. The molecule has 0 heterocycles. The molecule has 0 radical (unpaired) electrons. The second-order valence-corrected chi connectivity index (χ2v) is 6.23. The van der Waals surface area contributed by atoms with Gasteiger partial charge in [-0.3, -0.25) is 0 Å². The minimum atomic E-state index is -3.26. The smallest absolute Gasteiger partial charge is 0.178 e. The number of hydrogen-bond donors (Lipinski definition) is 0. The van der Waals surface area contributed by atoms with Gasteiger partial charge < -0.3 is 4.84 Å². The second-order valence-electron chi connectivity index (χ2n) is 3.87. The highest BCUT2D eigenvalue weighted by Gasteiger charge is 2.13. The number of hydrogen-bond acceptors (Lipinski definition) is 4. The first-order chi connectivity index (χ1) is 9.06. The third-order valence-electron chi connectivity index (χ3n) is 2.32. The van der Waals surface area contributed by atoms with Gasteiger partial charge in [0.1, 0.15) is 6.61 Å². The van der Waals surface area contributed by atoms with Crippen molar-refractivity contribution in [2.24, 2.45) is 5.16 Å². The van der Waals surface area contributed by atoms with E-state index in [4.69, 9.17) is 16.4 Å². The van der Waals surface area contributed by atoms with Crippen LogP contribution in [0.3, 0.4) is 0 Å². The van der Waals surface area contributed by atoms with E-state index in [1.807, 2.05) is 0 Å². The van der Waals surface area contributed by atoms with E-state index in [0.717, 1.165) is 0 Å². The predicted molar refractivity (Wildman–Crippen MR) is 77.2 cm³/mol. The molecule has 19 heavy (non-hydrogen) atoms. The van der Waals surface area contributed by atoms with Crippen LogP contribution >= 0.6 is 11.6 Å². The Kier molecular flexibility index (Phi) is 6.59. The summed E-state index contributed by atoms with van der Waals surface area (Å²) < 4.78 is 24.0. The first-order valence-corrected chi connectivity index (χ1v) is 7.83. The molecule has 1 rings (SSSR count). The molecule has 0 spiro atoms. The zero-order valence-electron chi connectivity index (χ0n) is 10.6. The Labute approximate surface area is 118 Å². The summed E-state index contributed by atoms with van der Waals surface area (Å²) in [5, 5.41) is 3.80. The van der Waals surface area contributed by atoms with Crippen LogP contribution in [0.1, 0.15) is 13.3 Å². The number of oxime groups is 1. The van der Waals surface area contributed by atoms with Gasteiger partial charge in [-0.25, -0.2) is 8.42 Å². The summed E-state index contributed by atoms with van der Waals surface area (Å²) in [4.78, 5) is 5.26. The van der Waals surface area contributed by atoms with Crippen molar-refractivity contribution < 1.29 is 13.3 Å². The van der Waals surface area contributed by atoms with Crippen LogP contribution < -0.4 is 0 Å². The highest BCUT2D eigenvalue weighted by Crippen LogP contribution is 2.11. The monoisotopic (exact) mass is 301 g/mol. The Morgan fingerprint density at radius 1 is 1.37 bits per heavy atom. The van der Waals surface area contributed by atoms with Crippen molar-refractivity contribution >= 4 is 27.1 Å². The van der Waals surface area contributed by atoms with Gasteiger partial charge in [-0.15, -0.1) is 0 Å². The Hall–Kier alpha value is -1.33. The minimum Gasteiger partial charge on any atom is -0.392 e. The molecule has 1 aromatic rings. The Morgan fingerprint density at radius 2 is 2.05 bits per heavy atom. The normalized spacial score (nSPS) is 12.8.